The van der Waals surface area contributed by atoms with Crippen LogP contribution in [-0.2, 0) is 16.1 Å². The van der Waals surface area contributed by atoms with E-state index in [9.17, 15) is 4.79 Å². The average molecular weight is 378 g/mol. The van der Waals surface area contributed by atoms with Gasteiger partial charge in [0.1, 0.15) is 5.75 Å². The molecule has 1 fully saturated rings. The van der Waals surface area contributed by atoms with Crippen molar-refractivity contribution in [3.8, 4) is 5.75 Å². The lowest BCUT2D eigenvalue weighted by molar-refractivity contribution is -0.142. The van der Waals surface area contributed by atoms with Crippen LogP contribution >= 0.6 is 0 Å². The fourth-order valence-corrected chi connectivity index (χ4v) is 3.52. The molecule has 6 nitrogen and oxygen atoms in total. The van der Waals surface area contributed by atoms with Crippen LogP contribution < -0.4 is 10.1 Å². The molecule has 0 atom stereocenters. The number of likely N-dealkylation sites (N-methyl/N-ethyl adjacent to an activating group) is 1. The SMILES string of the molecule is COC(=O)COc1c(C)cc(CNC2CCN(CCN(C)C)CC2)cc1C. The van der Waals surface area contributed by atoms with Crippen LogP contribution in [0, 0.1) is 13.8 Å². The minimum absolute atomic E-state index is 0.0534. The van der Waals surface area contributed by atoms with E-state index in [4.69, 9.17) is 4.74 Å². The van der Waals surface area contributed by atoms with Gasteiger partial charge in [-0.25, -0.2) is 4.79 Å². The van der Waals surface area contributed by atoms with Crippen molar-refractivity contribution in [2.45, 2.75) is 39.3 Å². The molecule has 27 heavy (non-hydrogen) atoms. The summed E-state index contributed by atoms with van der Waals surface area (Å²) in [5, 5.41) is 3.70. The summed E-state index contributed by atoms with van der Waals surface area (Å²) in [4.78, 5) is 16.1. The first kappa shape index (κ1) is 21.7. The number of aryl methyl sites for hydroxylation is 2. The van der Waals surface area contributed by atoms with E-state index in [1.807, 2.05) is 13.8 Å². The van der Waals surface area contributed by atoms with Gasteiger partial charge in [-0.1, -0.05) is 12.1 Å². The molecule has 0 aliphatic carbocycles. The van der Waals surface area contributed by atoms with Gasteiger partial charge < -0.3 is 24.6 Å². The number of ether oxygens (including phenoxy) is 2. The predicted octanol–water partition coefficient (Wildman–Crippen LogP) is 1.97. The third-order valence-electron chi connectivity index (χ3n) is 5.13. The summed E-state index contributed by atoms with van der Waals surface area (Å²) in [6.45, 7) is 9.47. The zero-order valence-corrected chi connectivity index (χ0v) is 17.5. The molecule has 1 aliphatic rings. The molecule has 152 valence electrons. The van der Waals surface area contributed by atoms with Crippen LogP contribution in [0.2, 0.25) is 0 Å². The van der Waals surface area contributed by atoms with E-state index in [-0.39, 0.29) is 12.6 Å². The fraction of sp³-hybridized carbons (Fsp3) is 0.667. The first-order chi connectivity index (χ1) is 12.9. The number of esters is 1. The number of methoxy groups -OCH3 is 1. The maximum absolute atomic E-state index is 11.3. The Morgan fingerprint density at radius 3 is 2.41 bits per heavy atom. The number of likely N-dealkylation sites (tertiary alicyclic amines) is 1. The molecule has 1 aromatic carbocycles. The van der Waals surface area contributed by atoms with Crippen LogP contribution in [0.5, 0.6) is 5.75 Å². The molecule has 1 saturated heterocycles. The number of benzene rings is 1. The Bertz CT molecular complexity index is 588. The zero-order chi connectivity index (χ0) is 19.8. The van der Waals surface area contributed by atoms with E-state index in [2.05, 4.69) is 46.1 Å². The van der Waals surface area contributed by atoms with Crippen molar-refractivity contribution in [3.63, 3.8) is 0 Å². The molecule has 0 radical (unpaired) electrons. The molecular weight excluding hydrogens is 342 g/mol. The van der Waals surface area contributed by atoms with Crippen LogP contribution in [0.15, 0.2) is 12.1 Å². The molecule has 0 aromatic heterocycles. The summed E-state index contributed by atoms with van der Waals surface area (Å²) < 4.78 is 10.3. The molecule has 0 amide bonds. The summed E-state index contributed by atoms with van der Waals surface area (Å²) >= 11 is 0. The summed E-state index contributed by atoms with van der Waals surface area (Å²) in [6.07, 6.45) is 2.40. The number of nitrogens with zero attached hydrogens (tertiary/aromatic N) is 2. The normalized spacial score (nSPS) is 15.9. The standard InChI is InChI=1S/C21H35N3O3/c1-16-12-18(13-17(2)21(16)27-15-20(25)26-5)14-22-19-6-8-24(9-7-19)11-10-23(3)4/h12-13,19,22H,6-11,14-15H2,1-5H3. The largest absolute Gasteiger partial charge is 0.481 e. The lowest BCUT2D eigenvalue weighted by atomic mass is 10.0. The van der Waals surface area contributed by atoms with Gasteiger partial charge in [0.2, 0.25) is 0 Å². The smallest absolute Gasteiger partial charge is 0.343 e. The van der Waals surface area contributed by atoms with E-state index >= 15 is 0 Å². The lowest BCUT2D eigenvalue weighted by Gasteiger charge is -2.33. The Morgan fingerprint density at radius 2 is 1.85 bits per heavy atom. The van der Waals surface area contributed by atoms with Crippen molar-refractivity contribution in [1.29, 1.82) is 0 Å². The van der Waals surface area contributed by atoms with Gasteiger partial charge in [0.05, 0.1) is 7.11 Å². The number of rotatable bonds is 9. The molecule has 1 N–H and O–H groups in total. The Labute approximate surface area is 163 Å². The minimum atomic E-state index is -0.364. The quantitative estimate of drug-likeness (QED) is 0.664. The highest BCUT2D eigenvalue weighted by Gasteiger charge is 2.18. The third-order valence-corrected chi connectivity index (χ3v) is 5.13. The third kappa shape index (κ3) is 7.13. The highest BCUT2D eigenvalue weighted by molar-refractivity contribution is 5.71. The molecule has 1 aliphatic heterocycles. The number of hydrogen-bond donors (Lipinski definition) is 1. The molecule has 1 aromatic rings. The van der Waals surface area contributed by atoms with Crippen molar-refractivity contribution in [3.05, 3.63) is 28.8 Å². The Kier molecular flexibility index (Phi) is 8.54. The van der Waals surface area contributed by atoms with Gasteiger partial charge >= 0.3 is 5.97 Å². The van der Waals surface area contributed by atoms with E-state index in [0.29, 0.717) is 6.04 Å². The van der Waals surface area contributed by atoms with Gasteiger partial charge in [-0.2, -0.15) is 0 Å². The van der Waals surface area contributed by atoms with E-state index in [0.717, 1.165) is 36.5 Å². The van der Waals surface area contributed by atoms with Gasteiger partial charge in [0.25, 0.3) is 0 Å². The van der Waals surface area contributed by atoms with Gasteiger partial charge in [-0.05, 0) is 70.6 Å². The zero-order valence-electron chi connectivity index (χ0n) is 17.5. The van der Waals surface area contributed by atoms with Crippen LogP contribution in [-0.4, -0.2) is 75.8 Å². The van der Waals surface area contributed by atoms with E-state index in [1.165, 1.54) is 38.6 Å². The first-order valence-corrected chi connectivity index (χ1v) is 9.79. The number of carbonyl (C=O) groups excluding carboxylic acids is 1. The van der Waals surface area contributed by atoms with E-state index < -0.39 is 0 Å². The van der Waals surface area contributed by atoms with Crippen molar-refractivity contribution >= 4 is 5.97 Å². The first-order valence-electron chi connectivity index (χ1n) is 9.79. The van der Waals surface area contributed by atoms with Gasteiger partial charge in [-0.3, -0.25) is 0 Å². The monoisotopic (exact) mass is 377 g/mol. The fourth-order valence-electron chi connectivity index (χ4n) is 3.52. The van der Waals surface area contributed by atoms with E-state index in [1.54, 1.807) is 0 Å². The highest BCUT2D eigenvalue weighted by Crippen LogP contribution is 2.25. The molecule has 1 heterocycles. The molecule has 0 spiro atoms. The topological polar surface area (TPSA) is 54.0 Å². The second-order valence-corrected chi connectivity index (χ2v) is 7.72. The van der Waals surface area contributed by atoms with Gasteiger partial charge in [0.15, 0.2) is 6.61 Å². The Balaban J connectivity index is 1.80. The molecule has 6 heteroatoms. The molecule has 0 saturated carbocycles. The van der Waals surface area contributed by atoms with Crippen molar-refractivity contribution in [1.82, 2.24) is 15.1 Å². The predicted molar refractivity (Wildman–Crippen MR) is 108 cm³/mol. The van der Waals surface area contributed by atoms with Crippen molar-refractivity contribution in [2.24, 2.45) is 0 Å². The maximum atomic E-state index is 11.3. The summed E-state index contributed by atoms with van der Waals surface area (Å²) in [7, 11) is 5.63. The van der Waals surface area contributed by atoms with Gasteiger partial charge in [0, 0.05) is 25.7 Å². The number of carbonyl (C=O) groups is 1. The number of hydrogen-bond acceptors (Lipinski definition) is 6. The van der Waals surface area contributed by atoms with Crippen molar-refractivity contribution in [2.75, 3.05) is 54.0 Å². The molecule has 2 rings (SSSR count). The Hall–Kier alpha value is -1.63. The number of nitrogens with one attached hydrogen (secondary N) is 1. The lowest BCUT2D eigenvalue weighted by Crippen LogP contribution is -2.44. The summed E-state index contributed by atoms with van der Waals surface area (Å²) in [5.74, 6) is 0.412. The molecular formula is C21H35N3O3. The summed E-state index contributed by atoms with van der Waals surface area (Å²) in [5.41, 5.74) is 3.36. The Morgan fingerprint density at radius 1 is 1.22 bits per heavy atom. The van der Waals surface area contributed by atoms with Crippen molar-refractivity contribution < 1.29 is 14.3 Å². The second-order valence-electron chi connectivity index (χ2n) is 7.72. The van der Waals surface area contributed by atoms with Crippen LogP contribution in [0.4, 0.5) is 0 Å². The average Bonchev–Trinajstić information content (AvgIpc) is 2.64. The van der Waals surface area contributed by atoms with Crippen LogP contribution in [0.3, 0.4) is 0 Å². The van der Waals surface area contributed by atoms with Gasteiger partial charge in [-0.15, -0.1) is 0 Å². The second kappa shape index (κ2) is 10.6. The summed E-state index contributed by atoms with van der Waals surface area (Å²) in [6, 6.07) is 4.86. The molecule has 0 unspecified atom stereocenters. The van der Waals surface area contributed by atoms with Crippen LogP contribution in [0.25, 0.3) is 0 Å². The molecule has 0 bridgehead atoms. The maximum Gasteiger partial charge on any atom is 0.343 e. The number of piperidine rings is 1. The minimum Gasteiger partial charge on any atom is -0.481 e. The van der Waals surface area contributed by atoms with Crippen LogP contribution in [0.1, 0.15) is 29.5 Å². The highest BCUT2D eigenvalue weighted by atomic mass is 16.6.